The molecule has 4 rings (SSSR count). The molecule has 1 saturated heterocycles. The highest BCUT2D eigenvalue weighted by Crippen LogP contribution is 2.30. The molecule has 2 aromatic rings. The molecule has 0 radical (unpaired) electrons. The van der Waals surface area contributed by atoms with Crippen LogP contribution in [0.25, 0.3) is 0 Å². The average Bonchev–Trinajstić information content (AvgIpc) is 3.33. The van der Waals surface area contributed by atoms with Crippen LogP contribution in [0.3, 0.4) is 0 Å². The normalized spacial score (nSPS) is 18.8. The third kappa shape index (κ3) is 4.05. The number of nitrogens with one attached hydrogen (secondary N) is 1. The number of nitrogens with zero attached hydrogens (tertiary/aromatic N) is 4. The largest absolute Gasteiger partial charge is 0.369 e. The zero-order chi connectivity index (χ0) is 16.4. The predicted molar refractivity (Wildman–Crippen MR) is 99.8 cm³/mol. The van der Waals surface area contributed by atoms with Gasteiger partial charge < -0.3 is 10.2 Å². The molecule has 0 bridgehead atoms. The zero-order valence-corrected chi connectivity index (χ0v) is 15.1. The van der Waals surface area contributed by atoms with Gasteiger partial charge in [-0.2, -0.15) is 4.37 Å². The van der Waals surface area contributed by atoms with Gasteiger partial charge in [-0.15, -0.1) is 0 Å². The van der Waals surface area contributed by atoms with E-state index in [1.54, 1.807) is 0 Å². The van der Waals surface area contributed by atoms with E-state index < -0.39 is 0 Å². The van der Waals surface area contributed by atoms with Gasteiger partial charge in [-0.05, 0) is 43.4 Å². The van der Waals surface area contributed by atoms with Crippen molar-refractivity contribution in [1.29, 1.82) is 0 Å². The van der Waals surface area contributed by atoms with E-state index in [0.29, 0.717) is 0 Å². The van der Waals surface area contributed by atoms with E-state index in [-0.39, 0.29) is 0 Å². The van der Waals surface area contributed by atoms with Gasteiger partial charge in [0.2, 0.25) is 5.13 Å². The monoisotopic (exact) mass is 343 g/mol. The van der Waals surface area contributed by atoms with Gasteiger partial charge >= 0.3 is 0 Å². The first-order chi connectivity index (χ1) is 11.8. The van der Waals surface area contributed by atoms with E-state index in [0.717, 1.165) is 36.5 Å². The maximum Gasteiger partial charge on any atom is 0.202 e. The van der Waals surface area contributed by atoms with Crippen molar-refractivity contribution < 1.29 is 0 Å². The van der Waals surface area contributed by atoms with Crippen LogP contribution in [-0.4, -0.2) is 47.0 Å². The Morgan fingerprint density at radius 2 is 1.88 bits per heavy atom. The molecule has 1 aromatic heterocycles. The van der Waals surface area contributed by atoms with E-state index in [4.69, 9.17) is 0 Å². The highest BCUT2D eigenvalue weighted by molar-refractivity contribution is 7.09. The fraction of sp³-hybridized carbons (Fsp3) is 0.556. The highest BCUT2D eigenvalue weighted by Gasteiger charge is 2.26. The van der Waals surface area contributed by atoms with E-state index in [1.807, 2.05) is 6.92 Å². The Kier molecular flexibility index (Phi) is 4.67. The summed E-state index contributed by atoms with van der Waals surface area (Å²) in [5.41, 5.74) is 2.62. The second kappa shape index (κ2) is 7.07. The molecule has 24 heavy (non-hydrogen) atoms. The molecule has 2 aliphatic rings. The molecule has 0 amide bonds. The molecule has 1 aliphatic heterocycles. The van der Waals surface area contributed by atoms with Crippen molar-refractivity contribution in [3.8, 4) is 0 Å². The maximum atomic E-state index is 4.33. The first-order valence-corrected chi connectivity index (χ1v) is 9.64. The Bertz CT molecular complexity index is 656. The van der Waals surface area contributed by atoms with Gasteiger partial charge in [0.25, 0.3) is 0 Å². The van der Waals surface area contributed by atoms with Crippen molar-refractivity contribution >= 4 is 22.4 Å². The Balaban J connectivity index is 1.27. The SMILES string of the molecule is Cc1nsc(NCc2ccc(N3CCN(CC4CC4)CC3)cc2)n1. The maximum absolute atomic E-state index is 4.33. The molecule has 6 heteroatoms. The number of aryl methyl sites for hydroxylation is 1. The molecular weight excluding hydrogens is 318 g/mol. The average molecular weight is 344 g/mol. The molecule has 128 valence electrons. The lowest BCUT2D eigenvalue weighted by Gasteiger charge is -2.36. The number of piperazine rings is 1. The Morgan fingerprint density at radius 1 is 1.12 bits per heavy atom. The number of hydrogen-bond acceptors (Lipinski definition) is 6. The standard InChI is InChI=1S/C18H25N5S/c1-14-20-18(24-21-14)19-12-15-4-6-17(7-5-15)23-10-8-22(9-11-23)13-16-2-3-16/h4-7,16H,2-3,8-13H2,1H3,(H,19,20,21). The number of benzene rings is 1. The van der Waals surface area contributed by atoms with Gasteiger partial charge in [0, 0.05) is 56.5 Å². The highest BCUT2D eigenvalue weighted by atomic mass is 32.1. The summed E-state index contributed by atoms with van der Waals surface area (Å²) in [4.78, 5) is 9.48. The van der Waals surface area contributed by atoms with Crippen molar-refractivity contribution in [3.63, 3.8) is 0 Å². The van der Waals surface area contributed by atoms with Crippen molar-refractivity contribution in [2.75, 3.05) is 42.9 Å². The molecule has 0 unspecified atom stereocenters. The first kappa shape index (κ1) is 15.8. The lowest BCUT2D eigenvalue weighted by atomic mass is 10.1. The lowest BCUT2D eigenvalue weighted by Crippen LogP contribution is -2.47. The number of rotatable bonds is 6. The summed E-state index contributed by atoms with van der Waals surface area (Å²) < 4.78 is 4.19. The summed E-state index contributed by atoms with van der Waals surface area (Å²) in [5.74, 6) is 1.83. The molecule has 2 heterocycles. The summed E-state index contributed by atoms with van der Waals surface area (Å²) in [5, 5.41) is 4.23. The van der Waals surface area contributed by atoms with E-state index >= 15 is 0 Å². The minimum absolute atomic E-state index is 0.796. The van der Waals surface area contributed by atoms with Crippen molar-refractivity contribution in [2.24, 2.45) is 5.92 Å². The van der Waals surface area contributed by atoms with Gasteiger partial charge in [0.1, 0.15) is 5.82 Å². The quantitative estimate of drug-likeness (QED) is 0.873. The van der Waals surface area contributed by atoms with Crippen LogP contribution in [0, 0.1) is 12.8 Å². The Hall–Kier alpha value is -1.66. The molecule has 1 saturated carbocycles. The molecule has 1 aliphatic carbocycles. The Labute approximate surface area is 147 Å². The van der Waals surface area contributed by atoms with Crippen molar-refractivity contribution in [2.45, 2.75) is 26.3 Å². The fourth-order valence-electron chi connectivity index (χ4n) is 3.23. The van der Waals surface area contributed by atoms with Crippen molar-refractivity contribution in [1.82, 2.24) is 14.3 Å². The predicted octanol–water partition coefficient (Wildman–Crippen LogP) is 2.99. The van der Waals surface area contributed by atoms with Gasteiger partial charge in [-0.25, -0.2) is 4.98 Å². The summed E-state index contributed by atoms with van der Waals surface area (Å²) in [6.07, 6.45) is 2.90. The fourth-order valence-corrected chi connectivity index (χ4v) is 3.79. The molecule has 0 atom stereocenters. The summed E-state index contributed by atoms with van der Waals surface area (Å²) in [6, 6.07) is 8.93. The smallest absolute Gasteiger partial charge is 0.202 e. The third-order valence-corrected chi connectivity index (χ3v) is 5.62. The first-order valence-electron chi connectivity index (χ1n) is 8.87. The van der Waals surface area contributed by atoms with Gasteiger partial charge in [-0.1, -0.05) is 12.1 Å². The Morgan fingerprint density at radius 3 is 2.50 bits per heavy atom. The molecular formula is C18H25N5S. The minimum Gasteiger partial charge on any atom is -0.369 e. The molecule has 1 N–H and O–H groups in total. The topological polar surface area (TPSA) is 44.3 Å². The van der Waals surface area contributed by atoms with E-state index in [2.05, 4.69) is 48.7 Å². The lowest BCUT2D eigenvalue weighted by molar-refractivity contribution is 0.248. The van der Waals surface area contributed by atoms with Crippen LogP contribution in [0.2, 0.25) is 0 Å². The van der Waals surface area contributed by atoms with Gasteiger partial charge in [-0.3, -0.25) is 4.90 Å². The van der Waals surface area contributed by atoms with E-state index in [1.165, 1.54) is 55.3 Å². The summed E-state index contributed by atoms with van der Waals surface area (Å²) in [6.45, 7) is 8.74. The van der Waals surface area contributed by atoms with Crippen LogP contribution in [0.4, 0.5) is 10.8 Å². The molecule has 2 fully saturated rings. The van der Waals surface area contributed by atoms with Crippen LogP contribution in [0.1, 0.15) is 24.2 Å². The summed E-state index contributed by atoms with van der Waals surface area (Å²) in [7, 11) is 0. The molecule has 0 spiro atoms. The number of aromatic nitrogens is 2. The second-order valence-electron chi connectivity index (χ2n) is 6.90. The van der Waals surface area contributed by atoms with Crippen LogP contribution in [0.5, 0.6) is 0 Å². The van der Waals surface area contributed by atoms with Gasteiger partial charge in [0.15, 0.2) is 0 Å². The van der Waals surface area contributed by atoms with Crippen molar-refractivity contribution in [3.05, 3.63) is 35.7 Å². The van der Waals surface area contributed by atoms with Crippen LogP contribution in [-0.2, 0) is 6.54 Å². The number of anilines is 2. The van der Waals surface area contributed by atoms with Crippen LogP contribution < -0.4 is 10.2 Å². The second-order valence-corrected chi connectivity index (χ2v) is 7.65. The van der Waals surface area contributed by atoms with Crippen LogP contribution in [0.15, 0.2) is 24.3 Å². The third-order valence-electron chi connectivity index (χ3n) is 4.86. The molecule has 5 nitrogen and oxygen atoms in total. The van der Waals surface area contributed by atoms with Crippen LogP contribution >= 0.6 is 11.5 Å². The van der Waals surface area contributed by atoms with Gasteiger partial charge in [0.05, 0.1) is 0 Å². The number of hydrogen-bond donors (Lipinski definition) is 1. The summed E-state index contributed by atoms with van der Waals surface area (Å²) >= 11 is 1.42. The van der Waals surface area contributed by atoms with E-state index in [9.17, 15) is 0 Å². The zero-order valence-electron chi connectivity index (χ0n) is 14.2. The molecule has 1 aromatic carbocycles. The minimum atomic E-state index is 0.796.